The predicted molar refractivity (Wildman–Crippen MR) is 53.5 cm³/mol. The predicted octanol–water partition coefficient (Wildman–Crippen LogP) is 3.91. The molecule has 0 saturated carbocycles. The number of rotatable bonds is 0. The van der Waals surface area contributed by atoms with E-state index in [0.717, 1.165) is 10.1 Å². The fourth-order valence-corrected chi connectivity index (χ4v) is 2.48. The van der Waals surface area contributed by atoms with Crippen molar-refractivity contribution in [2.75, 3.05) is 0 Å². The van der Waals surface area contributed by atoms with E-state index in [2.05, 4.69) is 0 Å². The van der Waals surface area contributed by atoms with Crippen LogP contribution < -0.4 is 0 Å². The molecule has 2 rings (SSSR count). The average Bonchev–Trinajstić information content (AvgIpc) is 2.39. The van der Waals surface area contributed by atoms with Crippen molar-refractivity contribution in [3.63, 3.8) is 0 Å². The molecule has 1 nitrogen and oxygen atoms in total. The van der Waals surface area contributed by atoms with E-state index in [1.165, 1.54) is 11.3 Å². The van der Waals surface area contributed by atoms with Crippen LogP contribution in [0.3, 0.4) is 0 Å². The van der Waals surface area contributed by atoms with Gasteiger partial charge in [-0.3, -0.25) is 0 Å². The van der Waals surface area contributed by atoms with Crippen molar-refractivity contribution in [3.8, 4) is 5.75 Å². The van der Waals surface area contributed by atoms with E-state index in [0.29, 0.717) is 9.36 Å². The van der Waals surface area contributed by atoms with Gasteiger partial charge in [-0.05, 0) is 23.6 Å². The molecule has 0 unspecified atom stereocenters. The lowest BCUT2D eigenvalue weighted by atomic mass is 10.2. The van der Waals surface area contributed by atoms with Gasteiger partial charge in [0.05, 0.1) is 9.04 Å². The smallest absolute Gasteiger partial charge is 0.135 e. The highest BCUT2D eigenvalue weighted by molar-refractivity contribution is 7.23. The van der Waals surface area contributed by atoms with Crippen LogP contribution in [0.2, 0.25) is 9.36 Å². The summed E-state index contributed by atoms with van der Waals surface area (Å²) in [4.78, 5) is 0. The Bertz CT molecular complexity index is 436. The van der Waals surface area contributed by atoms with Crippen molar-refractivity contribution in [3.05, 3.63) is 27.6 Å². The zero-order valence-corrected chi connectivity index (χ0v) is 8.17. The van der Waals surface area contributed by atoms with Gasteiger partial charge >= 0.3 is 0 Å². The van der Waals surface area contributed by atoms with Gasteiger partial charge < -0.3 is 5.11 Å². The molecule has 1 aromatic carbocycles. The first-order valence-electron chi connectivity index (χ1n) is 3.25. The summed E-state index contributed by atoms with van der Waals surface area (Å²) in [6.07, 6.45) is 0. The van der Waals surface area contributed by atoms with Crippen molar-refractivity contribution >= 4 is 44.6 Å². The highest BCUT2D eigenvalue weighted by atomic mass is 35.5. The fourth-order valence-electron chi connectivity index (χ4n) is 1.03. The molecule has 0 spiro atoms. The molecule has 0 aliphatic heterocycles. The van der Waals surface area contributed by atoms with Crippen molar-refractivity contribution < 1.29 is 5.11 Å². The minimum absolute atomic E-state index is 0.0997. The maximum Gasteiger partial charge on any atom is 0.135 e. The number of hydrogen-bond acceptors (Lipinski definition) is 2. The molecule has 1 heterocycles. The summed E-state index contributed by atoms with van der Waals surface area (Å²) in [6.45, 7) is 0. The van der Waals surface area contributed by atoms with Crippen LogP contribution in [-0.2, 0) is 0 Å². The Morgan fingerprint density at radius 1 is 1.25 bits per heavy atom. The Morgan fingerprint density at radius 2 is 2.00 bits per heavy atom. The zero-order valence-electron chi connectivity index (χ0n) is 5.84. The van der Waals surface area contributed by atoms with Gasteiger partial charge in [-0.25, -0.2) is 0 Å². The molecule has 1 aromatic heterocycles. The summed E-state index contributed by atoms with van der Waals surface area (Å²) in [6, 6.07) is 5.18. The Labute approximate surface area is 83.2 Å². The van der Waals surface area contributed by atoms with Crippen LogP contribution in [0.5, 0.6) is 5.75 Å². The molecule has 1 N–H and O–H groups in total. The largest absolute Gasteiger partial charge is 0.506 e. The molecule has 0 saturated heterocycles. The molecule has 0 amide bonds. The average molecular weight is 219 g/mol. The van der Waals surface area contributed by atoms with Crippen molar-refractivity contribution in [1.82, 2.24) is 0 Å². The number of hydrogen-bond donors (Lipinski definition) is 1. The maximum atomic E-state index is 9.26. The van der Waals surface area contributed by atoms with Crippen molar-refractivity contribution in [2.45, 2.75) is 0 Å². The molecule has 0 radical (unpaired) electrons. The quantitative estimate of drug-likeness (QED) is 0.711. The van der Waals surface area contributed by atoms with E-state index in [9.17, 15) is 5.11 Å². The lowest BCUT2D eigenvalue weighted by Crippen LogP contribution is -1.67. The highest BCUT2D eigenvalue weighted by Crippen LogP contribution is 2.38. The molecule has 0 aliphatic rings. The summed E-state index contributed by atoms with van der Waals surface area (Å²) >= 11 is 13.0. The van der Waals surface area contributed by atoms with Gasteiger partial charge in [0.1, 0.15) is 10.8 Å². The molecule has 62 valence electrons. The van der Waals surface area contributed by atoms with E-state index >= 15 is 0 Å². The normalized spacial score (nSPS) is 10.8. The van der Waals surface area contributed by atoms with E-state index in [1.54, 1.807) is 12.1 Å². The van der Waals surface area contributed by atoms with Gasteiger partial charge in [0.2, 0.25) is 0 Å². The van der Waals surface area contributed by atoms with Crippen molar-refractivity contribution in [1.29, 1.82) is 0 Å². The number of aromatic hydroxyl groups is 1. The summed E-state index contributed by atoms with van der Waals surface area (Å²) < 4.78 is 1.51. The summed E-state index contributed by atoms with van der Waals surface area (Å²) in [5, 5.41) is 10.6. The first-order valence-corrected chi connectivity index (χ1v) is 4.82. The lowest BCUT2D eigenvalue weighted by Gasteiger charge is -1.95. The minimum Gasteiger partial charge on any atom is -0.506 e. The van der Waals surface area contributed by atoms with E-state index in [4.69, 9.17) is 23.2 Å². The summed E-state index contributed by atoms with van der Waals surface area (Å²) in [5.74, 6) is 0.0997. The van der Waals surface area contributed by atoms with E-state index < -0.39 is 0 Å². The molecule has 0 atom stereocenters. The topological polar surface area (TPSA) is 20.2 Å². The summed E-state index contributed by atoms with van der Waals surface area (Å²) in [7, 11) is 0. The third kappa shape index (κ3) is 1.16. The third-order valence-corrected chi connectivity index (χ3v) is 3.37. The highest BCUT2D eigenvalue weighted by Gasteiger charge is 2.07. The fraction of sp³-hybridized carbons (Fsp3) is 0. The molecule has 12 heavy (non-hydrogen) atoms. The van der Waals surface area contributed by atoms with Gasteiger partial charge in [0.15, 0.2) is 0 Å². The van der Waals surface area contributed by atoms with Gasteiger partial charge in [-0.2, -0.15) is 0 Å². The minimum atomic E-state index is 0.0997. The molecular weight excluding hydrogens is 215 g/mol. The van der Waals surface area contributed by atoms with Gasteiger partial charge in [-0.15, -0.1) is 11.3 Å². The number of phenolic OH excluding ortho intramolecular Hbond substituents is 1. The van der Waals surface area contributed by atoms with Gasteiger partial charge in [0.25, 0.3) is 0 Å². The van der Waals surface area contributed by atoms with Crippen LogP contribution in [0.1, 0.15) is 0 Å². The number of fused-ring (bicyclic) bond motifs is 1. The number of benzene rings is 1. The SMILES string of the molecule is Oc1ccc2cc(Cl)sc2c1Cl. The Morgan fingerprint density at radius 3 is 2.75 bits per heavy atom. The van der Waals surface area contributed by atoms with Crippen LogP contribution in [0.15, 0.2) is 18.2 Å². The monoisotopic (exact) mass is 218 g/mol. The molecule has 4 heteroatoms. The van der Waals surface area contributed by atoms with Crippen LogP contribution >= 0.6 is 34.5 Å². The van der Waals surface area contributed by atoms with Crippen LogP contribution in [0.25, 0.3) is 10.1 Å². The van der Waals surface area contributed by atoms with Gasteiger partial charge in [0, 0.05) is 0 Å². The standard InChI is InChI=1S/C8H4Cl2OS/c9-6-3-4-1-2-5(11)7(10)8(4)12-6/h1-3,11H. The van der Waals surface area contributed by atoms with E-state index in [1.807, 2.05) is 6.07 Å². The second kappa shape index (κ2) is 2.80. The second-order valence-electron chi connectivity index (χ2n) is 2.37. The molecule has 0 aliphatic carbocycles. The molecular formula is C8H4Cl2OS. The van der Waals surface area contributed by atoms with Crippen LogP contribution in [-0.4, -0.2) is 5.11 Å². The van der Waals surface area contributed by atoms with Crippen LogP contribution in [0, 0.1) is 0 Å². The lowest BCUT2D eigenvalue weighted by molar-refractivity contribution is 0.476. The number of halogens is 2. The summed E-state index contributed by atoms with van der Waals surface area (Å²) in [5.41, 5.74) is 0. The van der Waals surface area contributed by atoms with Gasteiger partial charge in [-0.1, -0.05) is 23.2 Å². The number of thiophene rings is 1. The number of phenols is 1. The maximum absolute atomic E-state index is 9.26. The molecule has 0 bridgehead atoms. The molecule has 0 fully saturated rings. The molecule has 2 aromatic rings. The first kappa shape index (κ1) is 8.17. The zero-order chi connectivity index (χ0) is 8.72. The van der Waals surface area contributed by atoms with Crippen molar-refractivity contribution in [2.24, 2.45) is 0 Å². The third-order valence-electron chi connectivity index (χ3n) is 1.58. The Kier molecular flexibility index (Phi) is 1.91. The van der Waals surface area contributed by atoms with E-state index in [-0.39, 0.29) is 5.75 Å². The first-order chi connectivity index (χ1) is 5.68. The Hall–Kier alpha value is -0.440. The second-order valence-corrected chi connectivity index (χ2v) is 4.43. The van der Waals surface area contributed by atoms with Crippen LogP contribution in [0.4, 0.5) is 0 Å². The Balaban J connectivity index is 2.89.